The highest BCUT2D eigenvalue weighted by Crippen LogP contribution is 2.20. The molecule has 0 radical (unpaired) electrons. The summed E-state index contributed by atoms with van der Waals surface area (Å²) in [5, 5.41) is 13.4. The lowest BCUT2D eigenvalue weighted by Gasteiger charge is -2.21. The molecular formula is C22H23N5O. The first-order valence-electron chi connectivity index (χ1n) is 9.13. The number of amides is 1. The molecule has 1 unspecified atom stereocenters. The van der Waals surface area contributed by atoms with E-state index in [0.717, 1.165) is 35.1 Å². The second-order valence-corrected chi connectivity index (χ2v) is 6.84. The van der Waals surface area contributed by atoms with E-state index in [1.54, 1.807) is 18.5 Å². The number of rotatable bonds is 7. The molecule has 6 nitrogen and oxygen atoms in total. The second-order valence-electron chi connectivity index (χ2n) is 6.84. The first-order chi connectivity index (χ1) is 13.6. The zero-order valence-electron chi connectivity index (χ0n) is 16.0. The van der Waals surface area contributed by atoms with E-state index in [9.17, 15) is 10.1 Å². The van der Waals surface area contributed by atoms with Crippen molar-refractivity contribution in [3.05, 3.63) is 71.6 Å². The van der Waals surface area contributed by atoms with Gasteiger partial charge in [0.1, 0.15) is 17.3 Å². The summed E-state index contributed by atoms with van der Waals surface area (Å²) in [6.45, 7) is 0.819. The van der Waals surface area contributed by atoms with Crippen molar-refractivity contribution in [3.8, 4) is 6.07 Å². The van der Waals surface area contributed by atoms with Crippen molar-refractivity contribution in [1.29, 1.82) is 5.26 Å². The van der Waals surface area contributed by atoms with E-state index >= 15 is 0 Å². The summed E-state index contributed by atoms with van der Waals surface area (Å²) < 4.78 is 0. The third-order valence-corrected chi connectivity index (χ3v) is 4.52. The smallest absolute Gasteiger partial charge is 0.262 e. The molecule has 2 aromatic heterocycles. The number of benzene rings is 1. The Bertz CT molecular complexity index is 1010. The predicted molar refractivity (Wildman–Crippen MR) is 110 cm³/mol. The maximum Gasteiger partial charge on any atom is 0.262 e. The normalized spacial score (nSPS) is 12.7. The highest BCUT2D eigenvalue weighted by molar-refractivity contribution is 6.03. The van der Waals surface area contributed by atoms with Gasteiger partial charge in [-0.15, -0.1) is 0 Å². The summed E-state index contributed by atoms with van der Waals surface area (Å²) in [5.41, 5.74) is 2.57. The summed E-state index contributed by atoms with van der Waals surface area (Å²) >= 11 is 0. The fourth-order valence-corrected chi connectivity index (χ4v) is 3.03. The number of carbonyl (C=O) groups excluding carboxylic acids is 1. The number of hydrogen-bond donors (Lipinski definition) is 2. The van der Waals surface area contributed by atoms with Crippen molar-refractivity contribution >= 4 is 23.0 Å². The van der Waals surface area contributed by atoms with Crippen LogP contribution in [0.5, 0.6) is 0 Å². The van der Waals surface area contributed by atoms with Gasteiger partial charge in [0.05, 0.1) is 6.04 Å². The minimum absolute atomic E-state index is 0.0653. The van der Waals surface area contributed by atoms with Crippen LogP contribution in [0.1, 0.15) is 23.6 Å². The summed E-state index contributed by atoms with van der Waals surface area (Å²) in [6.07, 6.45) is 5.80. The lowest BCUT2D eigenvalue weighted by Crippen LogP contribution is -2.31. The van der Waals surface area contributed by atoms with Crippen molar-refractivity contribution in [2.75, 3.05) is 20.6 Å². The number of nitrogens with zero attached hydrogens (tertiary/aromatic N) is 3. The topological polar surface area (TPSA) is 84.8 Å². The first-order valence-corrected chi connectivity index (χ1v) is 9.13. The van der Waals surface area contributed by atoms with Crippen molar-refractivity contribution in [2.45, 2.75) is 12.5 Å². The van der Waals surface area contributed by atoms with Gasteiger partial charge in [-0.2, -0.15) is 5.26 Å². The predicted octanol–water partition coefficient (Wildman–Crippen LogP) is 3.28. The molecule has 3 aromatic rings. The van der Waals surface area contributed by atoms with Gasteiger partial charge in [0.15, 0.2) is 0 Å². The number of pyridine rings is 1. The Hall–Kier alpha value is -3.43. The van der Waals surface area contributed by atoms with Gasteiger partial charge >= 0.3 is 0 Å². The number of fused-ring (bicyclic) bond motifs is 1. The van der Waals surface area contributed by atoms with Crippen molar-refractivity contribution in [1.82, 2.24) is 20.2 Å². The van der Waals surface area contributed by atoms with Crippen LogP contribution in [0.25, 0.3) is 17.1 Å². The molecule has 2 N–H and O–H groups in total. The molecule has 0 spiro atoms. The van der Waals surface area contributed by atoms with E-state index in [-0.39, 0.29) is 17.5 Å². The Kier molecular flexibility index (Phi) is 6.20. The number of nitrogens with one attached hydrogen (secondary N) is 2. The molecule has 0 saturated heterocycles. The highest BCUT2D eigenvalue weighted by atomic mass is 16.1. The number of carbonyl (C=O) groups is 1. The van der Waals surface area contributed by atoms with Crippen LogP contribution in [0.2, 0.25) is 0 Å². The number of H-pyrrole nitrogens is 1. The van der Waals surface area contributed by atoms with Crippen molar-refractivity contribution < 1.29 is 4.79 Å². The lowest BCUT2D eigenvalue weighted by atomic mass is 10.0. The SMILES string of the molecule is CN(C)CCC(NC(=O)/C(C#N)=C/c1c[nH]c2ncccc12)c1ccccc1. The number of nitriles is 1. The Morgan fingerprint density at radius 1 is 1.29 bits per heavy atom. The summed E-state index contributed by atoms with van der Waals surface area (Å²) in [7, 11) is 3.99. The van der Waals surface area contributed by atoms with Crippen LogP contribution in [-0.4, -0.2) is 41.4 Å². The fourth-order valence-electron chi connectivity index (χ4n) is 3.03. The fraction of sp³-hybridized carbons (Fsp3) is 0.227. The first kappa shape index (κ1) is 19.3. The van der Waals surface area contributed by atoms with Crippen LogP contribution in [0.4, 0.5) is 0 Å². The van der Waals surface area contributed by atoms with Gasteiger partial charge in [-0.05, 0) is 50.8 Å². The van der Waals surface area contributed by atoms with E-state index in [1.807, 2.05) is 62.6 Å². The van der Waals surface area contributed by atoms with E-state index < -0.39 is 0 Å². The van der Waals surface area contributed by atoms with Gasteiger partial charge in [-0.25, -0.2) is 4.98 Å². The van der Waals surface area contributed by atoms with Gasteiger partial charge in [0.2, 0.25) is 0 Å². The van der Waals surface area contributed by atoms with E-state index in [2.05, 4.69) is 20.2 Å². The molecule has 1 amide bonds. The zero-order chi connectivity index (χ0) is 19.9. The van der Waals surface area contributed by atoms with Crippen LogP contribution in [-0.2, 0) is 4.79 Å². The summed E-state index contributed by atoms with van der Waals surface area (Å²) in [5.74, 6) is -0.381. The molecule has 1 aromatic carbocycles. The Morgan fingerprint density at radius 3 is 2.79 bits per heavy atom. The molecule has 0 aliphatic heterocycles. The molecule has 0 bridgehead atoms. The lowest BCUT2D eigenvalue weighted by molar-refractivity contribution is -0.117. The van der Waals surface area contributed by atoms with Gasteiger partial charge < -0.3 is 15.2 Å². The molecule has 28 heavy (non-hydrogen) atoms. The molecule has 3 rings (SSSR count). The van der Waals surface area contributed by atoms with Gasteiger partial charge in [-0.3, -0.25) is 4.79 Å². The van der Waals surface area contributed by atoms with Gasteiger partial charge in [-0.1, -0.05) is 30.3 Å². The van der Waals surface area contributed by atoms with Crippen LogP contribution in [0.3, 0.4) is 0 Å². The monoisotopic (exact) mass is 373 g/mol. The summed E-state index contributed by atoms with van der Waals surface area (Å²) in [6, 6.07) is 15.4. The molecule has 1 atom stereocenters. The molecule has 0 saturated carbocycles. The van der Waals surface area contributed by atoms with E-state index in [0.29, 0.717) is 0 Å². The van der Waals surface area contributed by atoms with Crippen LogP contribution in [0.15, 0.2) is 60.4 Å². The molecule has 0 aliphatic rings. The minimum atomic E-state index is -0.381. The molecule has 0 fully saturated rings. The number of hydrogen-bond acceptors (Lipinski definition) is 4. The third kappa shape index (κ3) is 4.64. The van der Waals surface area contributed by atoms with E-state index in [4.69, 9.17) is 0 Å². The van der Waals surface area contributed by atoms with Gasteiger partial charge in [0.25, 0.3) is 5.91 Å². The number of aromatic amines is 1. The maximum absolute atomic E-state index is 12.8. The molecule has 6 heteroatoms. The maximum atomic E-state index is 12.8. The van der Waals surface area contributed by atoms with Crippen LogP contribution >= 0.6 is 0 Å². The van der Waals surface area contributed by atoms with Crippen molar-refractivity contribution in [2.24, 2.45) is 0 Å². The Morgan fingerprint density at radius 2 is 2.07 bits per heavy atom. The highest BCUT2D eigenvalue weighted by Gasteiger charge is 2.18. The molecule has 0 aliphatic carbocycles. The summed E-state index contributed by atoms with van der Waals surface area (Å²) in [4.78, 5) is 22.2. The average molecular weight is 373 g/mol. The largest absolute Gasteiger partial charge is 0.346 e. The molecule has 2 heterocycles. The van der Waals surface area contributed by atoms with Crippen LogP contribution in [0, 0.1) is 11.3 Å². The van der Waals surface area contributed by atoms with Crippen LogP contribution < -0.4 is 5.32 Å². The number of aromatic nitrogens is 2. The zero-order valence-corrected chi connectivity index (χ0v) is 16.0. The molecular weight excluding hydrogens is 350 g/mol. The quantitative estimate of drug-likeness (QED) is 0.492. The Balaban J connectivity index is 1.83. The average Bonchev–Trinajstić information content (AvgIpc) is 3.12. The third-order valence-electron chi connectivity index (χ3n) is 4.52. The van der Waals surface area contributed by atoms with Crippen molar-refractivity contribution in [3.63, 3.8) is 0 Å². The van der Waals surface area contributed by atoms with Gasteiger partial charge in [0, 0.05) is 23.3 Å². The van der Waals surface area contributed by atoms with E-state index in [1.165, 1.54) is 0 Å². The standard InChI is InChI=1S/C22H23N5O/c1-27(2)12-10-20(16-7-4-3-5-8-16)26-22(28)17(14-23)13-18-15-25-21-19(18)9-6-11-24-21/h3-9,11,13,15,20H,10,12H2,1-2H3,(H,24,25)(H,26,28)/b17-13+. The Labute approximate surface area is 164 Å². The molecule has 142 valence electrons. The second kappa shape index (κ2) is 8.98. The minimum Gasteiger partial charge on any atom is -0.346 e.